The molecular formula is C16H25N3. The van der Waals surface area contributed by atoms with Gasteiger partial charge >= 0.3 is 0 Å². The normalized spacial score (nSPS) is 39.5. The molecular weight excluding hydrogens is 234 g/mol. The number of hydrogen-bond donors (Lipinski definition) is 2. The molecule has 0 spiro atoms. The van der Waals surface area contributed by atoms with Crippen molar-refractivity contribution in [2.45, 2.75) is 63.7 Å². The number of nitrogens with one attached hydrogen (secondary N) is 2. The predicted octanol–water partition coefficient (Wildman–Crippen LogP) is 3.05. The van der Waals surface area contributed by atoms with Gasteiger partial charge in [-0.2, -0.15) is 0 Å². The van der Waals surface area contributed by atoms with E-state index in [1.807, 2.05) is 0 Å². The van der Waals surface area contributed by atoms with Crippen molar-refractivity contribution < 1.29 is 0 Å². The van der Waals surface area contributed by atoms with Gasteiger partial charge in [-0.05, 0) is 37.6 Å². The van der Waals surface area contributed by atoms with Crippen molar-refractivity contribution in [2.75, 3.05) is 13.1 Å². The molecule has 1 aromatic heterocycles. The molecule has 0 aromatic carbocycles. The molecule has 104 valence electrons. The number of imidazole rings is 1. The van der Waals surface area contributed by atoms with Crippen LogP contribution in [0, 0.1) is 5.41 Å². The van der Waals surface area contributed by atoms with Crippen LogP contribution in [0.4, 0.5) is 0 Å². The van der Waals surface area contributed by atoms with Crippen molar-refractivity contribution in [3.8, 4) is 0 Å². The standard InChI is InChI=1S/C16H25N3/c1-15(2)11-6-7-16(15,3)13-12(11)18-14(19-13)10-5-4-8-17-9-10/h10-11,17H,4-9H2,1-3H3,(H,18,19). The summed E-state index contributed by atoms with van der Waals surface area (Å²) in [6.45, 7) is 9.56. The van der Waals surface area contributed by atoms with Crippen molar-refractivity contribution in [1.29, 1.82) is 0 Å². The minimum Gasteiger partial charge on any atom is -0.345 e. The first-order chi connectivity index (χ1) is 9.04. The van der Waals surface area contributed by atoms with E-state index in [0.29, 0.717) is 22.7 Å². The lowest BCUT2D eigenvalue weighted by molar-refractivity contribution is 0.224. The van der Waals surface area contributed by atoms with Crippen LogP contribution in [-0.4, -0.2) is 23.1 Å². The second-order valence-electron chi connectivity index (χ2n) is 7.57. The van der Waals surface area contributed by atoms with E-state index < -0.39 is 0 Å². The highest BCUT2D eigenvalue weighted by molar-refractivity contribution is 5.42. The Labute approximate surface area is 115 Å². The number of aromatic nitrogens is 2. The Balaban J connectivity index is 1.74. The molecule has 1 saturated carbocycles. The van der Waals surface area contributed by atoms with Crippen molar-refractivity contribution in [3.05, 3.63) is 17.2 Å². The van der Waals surface area contributed by atoms with Crippen LogP contribution in [0.5, 0.6) is 0 Å². The molecule has 2 heterocycles. The summed E-state index contributed by atoms with van der Waals surface area (Å²) >= 11 is 0. The fourth-order valence-electron chi connectivity index (χ4n) is 4.79. The zero-order valence-corrected chi connectivity index (χ0v) is 12.3. The quantitative estimate of drug-likeness (QED) is 0.814. The van der Waals surface area contributed by atoms with Crippen LogP contribution in [-0.2, 0) is 5.41 Å². The van der Waals surface area contributed by atoms with Crippen molar-refractivity contribution in [2.24, 2.45) is 5.41 Å². The van der Waals surface area contributed by atoms with Gasteiger partial charge in [0.1, 0.15) is 5.82 Å². The lowest BCUT2D eigenvalue weighted by atomic mass is 9.70. The number of fused-ring (bicyclic) bond motifs is 5. The maximum atomic E-state index is 5.07. The van der Waals surface area contributed by atoms with E-state index in [9.17, 15) is 0 Å². The van der Waals surface area contributed by atoms with Crippen LogP contribution in [0.3, 0.4) is 0 Å². The Morgan fingerprint density at radius 2 is 2.05 bits per heavy atom. The van der Waals surface area contributed by atoms with E-state index >= 15 is 0 Å². The molecule has 1 aliphatic heterocycles. The molecule has 3 atom stereocenters. The third kappa shape index (κ3) is 1.35. The second kappa shape index (κ2) is 3.63. The number of aromatic amines is 1. The van der Waals surface area contributed by atoms with Gasteiger partial charge in [-0.15, -0.1) is 0 Å². The predicted molar refractivity (Wildman–Crippen MR) is 76.5 cm³/mol. The van der Waals surface area contributed by atoms with Crippen LogP contribution in [0.2, 0.25) is 0 Å². The Hall–Kier alpha value is -0.830. The van der Waals surface area contributed by atoms with Crippen LogP contribution in [0.1, 0.15) is 75.5 Å². The molecule has 2 aliphatic carbocycles. The summed E-state index contributed by atoms with van der Waals surface area (Å²) in [6.07, 6.45) is 5.21. The highest BCUT2D eigenvalue weighted by Gasteiger charge is 2.61. The molecule has 2 N–H and O–H groups in total. The Morgan fingerprint density at radius 1 is 1.21 bits per heavy atom. The van der Waals surface area contributed by atoms with Gasteiger partial charge < -0.3 is 10.3 Å². The van der Waals surface area contributed by atoms with Crippen LogP contribution in [0.15, 0.2) is 0 Å². The molecule has 1 aromatic rings. The van der Waals surface area contributed by atoms with Gasteiger partial charge in [0.05, 0.1) is 5.69 Å². The average molecular weight is 259 g/mol. The van der Waals surface area contributed by atoms with Crippen LogP contribution in [0.25, 0.3) is 0 Å². The molecule has 3 heteroatoms. The molecule has 3 nitrogen and oxygen atoms in total. The summed E-state index contributed by atoms with van der Waals surface area (Å²) in [5, 5.41) is 3.50. The Kier molecular flexibility index (Phi) is 2.28. The summed E-state index contributed by atoms with van der Waals surface area (Å²) in [5.41, 5.74) is 3.54. The lowest BCUT2D eigenvalue weighted by Gasteiger charge is -2.34. The molecule has 2 bridgehead atoms. The summed E-state index contributed by atoms with van der Waals surface area (Å²) in [6, 6.07) is 0. The fraction of sp³-hybridized carbons (Fsp3) is 0.812. The summed E-state index contributed by atoms with van der Waals surface area (Å²) in [7, 11) is 0. The van der Waals surface area contributed by atoms with E-state index in [4.69, 9.17) is 4.98 Å². The minimum atomic E-state index is 0.295. The van der Waals surface area contributed by atoms with E-state index in [2.05, 4.69) is 31.1 Å². The first-order valence-electron chi connectivity index (χ1n) is 7.85. The third-order valence-electron chi connectivity index (χ3n) is 6.53. The smallest absolute Gasteiger partial charge is 0.111 e. The summed E-state index contributed by atoms with van der Waals surface area (Å²) < 4.78 is 0. The van der Waals surface area contributed by atoms with E-state index in [-0.39, 0.29) is 0 Å². The molecule has 19 heavy (non-hydrogen) atoms. The molecule has 3 unspecified atom stereocenters. The SMILES string of the molecule is CC12CCC(c3[nH]c(C4CCCNC4)nc31)C2(C)C. The first-order valence-corrected chi connectivity index (χ1v) is 7.85. The fourth-order valence-corrected chi connectivity index (χ4v) is 4.79. The van der Waals surface area contributed by atoms with Crippen molar-refractivity contribution in [1.82, 2.24) is 15.3 Å². The third-order valence-corrected chi connectivity index (χ3v) is 6.53. The summed E-state index contributed by atoms with van der Waals surface area (Å²) in [4.78, 5) is 8.79. The van der Waals surface area contributed by atoms with E-state index in [1.54, 1.807) is 0 Å². The highest BCUT2D eigenvalue weighted by atomic mass is 15.0. The van der Waals surface area contributed by atoms with Crippen LogP contribution >= 0.6 is 0 Å². The maximum absolute atomic E-state index is 5.07. The largest absolute Gasteiger partial charge is 0.345 e. The lowest BCUT2D eigenvalue weighted by Crippen LogP contribution is -2.33. The van der Waals surface area contributed by atoms with Gasteiger partial charge in [0.2, 0.25) is 0 Å². The number of rotatable bonds is 1. The zero-order valence-electron chi connectivity index (χ0n) is 12.3. The molecule has 1 saturated heterocycles. The van der Waals surface area contributed by atoms with Crippen molar-refractivity contribution in [3.63, 3.8) is 0 Å². The number of piperidine rings is 1. The zero-order chi connectivity index (χ0) is 13.3. The minimum absolute atomic E-state index is 0.295. The monoisotopic (exact) mass is 259 g/mol. The van der Waals surface area contributed by atoms with Gasteiger partial charge in [0.25, 0.3) is 0 Å². The van der Waals surface area contributed by atoms with Crippen LogP contribution < -0.4 is 5.32 Å². The van der Waals surface area contributed by atoms with Gasteiger partial charge in [-0.3, -0.25) is 0 Å². The van der Waals surface area contributed by atoms with Gasteiger partial charge in [-0.1, -0.05) is 20.8 Å². The molecule has 0 amide bonds. The molecule has 3 aliphatic rings. The second-order valence-corrected chi connectivity index (χ2v) is 7.57. The number of hydrogen-bond acceptors (Lipinski definition) is 2. The van der Waals surface area contributed by atoms with Crippen molar-refractivity contribution >= 4 is 0 Å². The van der Waals surface area contributed by atoms with Gasteiger partial charge in [0, 0.05) is 29.5 Å². The number of nitrogens with zero attached hydrogens (tertiary/aromatic N) is 1. The van der Waals surface area contributed by atoms with Gasteiger partial charge in [-0.25, -0.2) is 4.98 Å². The molecule has 0 radical (unpaired) electrons. The topological polar surface area (TPSA) is 40.7 Å². The number of H-pyrrole nitrogens is 1. The summed E-state index contributed by atoms with van der Waals surface area (Å²) in [5.74, 6) is 2.56. The van der Waals surface area contributed by atoms with E-state index in [0.717, 1.165) is 6.54 Å². The van der Waals surface area contributed by atoms with Gasteiger partial charge in [0.15, 0.2) is 0 Å². The highest BCUT2D eigenvalue weighted by Crippen LogP contribution is 2.67. The molecule has 4 rings (SSSR count). The Morgan fingerprint density at radius 3 is 2.74 bits per heavy atom. The van der Waals surface area contributed by atoms with E-state index in [1.165, 1.54) is 49.4 Å². The maximum Gasteiger partial charge on any atom is 0.111 e. The average Bonchev–Trinajstić information content (AvgIpc) is 2.97. The first kappa shape index (κ1) is 12.0. The molecule has 2 fully saturated rings. The Bertz CT molecular complexity index is 510.